The number of aliphatic imine (C=N–C) groups is 1. The van der Waals surface area contributed by atoms with Crippen molar-refractivity contribution in [3.05, 3.63) is 53.9 Å². The summed E-state index contributed by atoms with van der Waals surface area (Å²) in [5.74, 6) is 1.26. The topological polar surface area (TPSA) is 105 Å². The summed E-state index contributed by atoms with van der Waals surface area (Å²) in [4.78, 5) is 17.2. The molecule has 0 saturated carbocycles. The highest BCUT2D eigenvalue weighted by Gasteiger charge is 2.19. The Morgan fingerprint density at radius 2 is 1.78 bits per heavy atom. The maximum atomic E-state index is 11.4. The zero-order valence-electron chi connectivity index (χ0n) is 15.3. The second kappa shape index (κ2) is 8.34. The smallest absolute Gasteiger partial charge is 0.225 e. The highest BCUT2D eigenvalue weighted by atomic mass is 32.2. The third-order valence-electron chi connectivity index (χ3n) is 4.28. The normalized spacial score (nSPS) is 15.8. The van der Waals surface area contributed by atoms with E-state index < -0.39 is 9.84 Å². The lowest BCUT2D eigenvalue weighted by atomic mass is 10.1. The van der Waals surface area contributed by atoms with E-state index in [9.17, 15) is 8.42 Å². The molecular formula is C18H24N6O2S. The van der Waals surface area contributed by atoms with Crippen molar-refractivity contribution >= 4 is 21.7 Å². The number of sulfone groups is 1. The molecule has 27 heavy (non-hydrogen) atoms. The van der Waals surface area contributed by atoms with Crippen molar-refractivity contribution in [2.45, 2.75) is 12.3 Å². The Morgan fingerprint density at radius 1 is 1.11 bits per heavy atom. The van der Waals surface area contributed by atoms with E-state index >= 15 is 0 Å². The number of hydrogen-bond donors (Lipinski definition) is 1. The minimum atomic E-state index is -3.05. The molecule has 0 aliphatic carbocycles. The minimum absolute atomic E-state index is 0.0313. The van der Waals surface area contributed by atoms with Gasteiger partial charge < -0.3 is 15.5 Å². The monoisotopic (exact) mass is 388 g/mol. The first kappa shape index (κ1) is 19.1. The van der Waals surface area contributed by atoms with E-state index in [1.165, 1.54) is 6.26 Å². The summed E-state index contributed by atoms with van der Waals surface area (Å²) in [6, 6.07) is 9.24. The van der Waals surface area contributed by atoms with Crippen LogP contribution in [0.25, 0.3) is 0 Å². The molecule has 144 valence electrons. The van der Waals surface area contributed by atoms with Crippen molar-refractivity contribution in [2.75, 3.05) is 37.3 Å². The summed E-state index contributed by atoms with van der Waals surface area (Å²) < 4.78 is 22.9. The Kier molecular flexibility index (Phi) is 5.90. The molecule has 1 aromatic heterocycles. The molecule has 2 aromatic rings. The lowest BCUT2D eigenvalue weighted by Gasteiger charge is -2.35. The average molecular weight is 388 g/mol. The van der Waals surface area contributed by atoms with Crippen LogP contribution in [0.5, 0.6) is 0 Å². The molecule has 8 nitrogen and oxygen atoms in total. The fourth-order valence-corrected chi connectivity index (χ4v) is 3.77. The van der Waals surface area contributed by atoms with Crippen molar-refractivity contribution in [1.29, 1.82) is 0 Å². The van der Waals surface area contributed by atoms with Gasteiger partial charge >= 0.3 is 0 Å². The van der Waals surface area contributed by atoms with Crippen LogP contribution in [-0.4, -0.2) is 61.7 Å². The highest BCUT2D eigenvalue weighted by molar-refractivity contribution is 7.89. The lowest BCUT2D eigenvalue weighted by molar-refractivity contribution is 0.378. The number of hydrogen-bond acceptors (Lipinski definition) is 6. The van der Waals surface area contributed by atoms with E-state index in [0.29, 0.717) is 12.5 Å². The Hall–Kier alpha value is -2.68. The molecule has 2 N–H and O–H groups in total. The van der Waals surface area contributed by atoms with Gasteiger partial charge in [-0.2, -0.15) is 0 Å². The van der Waals surface area contributed by atoms with Gasteiger partial charge in [-0.15, -0.1) is 0 Å². The standard InChI is InChI=1S/C18H24N6O2S/c1-27(25,26)14-16-5-2-4-15(12-16)13-22-17(19)23-8-10-24(11-9-23)18-20-6-3-7-21-18/h2-7,12H,8-11,13-14H2,1H3,(H2,19,22). The minimum Gasteiger partial charge on any atom is -0.370 e. The van der Waals surface area contributed by atoms with E-state index in [4.69, 9.17) is 5.73 Å². The lowest BCUT2D eigenvalue weighted by Crippen LogP contribution is -2.51. The summed E-state index contributed by atoms with van der Waals surface area (Å²) in [5.41, 5.74) is 7.85. The molecule has 0 bridgehead atoms. The van der Waals surface area contributed by atoms with Gasteiger partial charge in [0, 0.05) is 44.8 Å². The summed E-state index contributed by atoms with van der Waals surface area (Å²) in [6.07, 6.45) is 4.71. The third kappa shape index (κ3) is 5.65. The van der Waals surface area contributed by atoms with Crippen LogP contribution >= 0.6 is 0 Å². The second-order valence-electron chi connectivity index (χ2n) is 6.59. The molecule has 0 spiro atoms. The molecule has 1 aliphatic rings. The van der Waals surface area contributed by atoms with Crippen LogP contribution < -0.4 is 10.6 Å². The maximum absolute atomic E-state index is 11.4. The quantitative estimate of drug-likeness (QED) is 0.592. The number of benzene rings is 1. The van der Waals surface area contributed by atoms with Gasteiger partial charge in [0.05, 0.1) is 12.3 Å². The van der Waals surface area contributed by atoms with Crippen LogP contribution in [0.15, 0.2) is 47.7 Å². The molecule has 9 heteroatoms. The predicted molar refractivity (Wildman–Crippen MR) is 106 cm³/mol. The van der Waals surface area contributed by atoms with Crippen LogP contribution in [0, 0.1) is 0 Å². The van der Waals surface area contributed by atoms with Gasteiger partial charge in [0.25, 0.3) is 0 Å². The first-order chi connectivity index (χ1) is 12.9. The SMILES string of the molecule is CS(=O)(=O)Cc1cccc(CN=C(N)N2CCN(c3ncccn3)CC2)c1. The van der Waals surface area contributed by atoms with Crippen LogP contribution in [0.3, 0.4) is 0 Å². The van der Waals surface area contributed by atoms with E-state index in [2.05, 4.69) is 19.9 Å². The molecule has 1 saturated heterocycles. The molecule has 1 aromatic carbocycles. The number of guanidine groups is 1. The Balaban J connectivity index is 1.56. The molecule has 0 amide bonds. The van der Waals surface area contributed by atoms with Crippen molar-refractivity contribution in [3.8, 4) is 0 Å². The van der Waals surface area contributed by atoms with Gasteiger partial charge in [0.2, 0.25) is 5.95 Å². The van der Waals surface area contributed by atoms with Gasteiger partial charge in [-0.05, 0) is 17.2 Å². The molecule has 0 atom stereocenters. The molecule has 0 radical (unpaired) electrons. The Labute approximate surface area is 159 Å². The van der Waals surface area contributed by atoms with Gasteiger partial charge in [0.1, 0.15) is 0 Å². The predicted octanol–water partition coefficient (Wildman–Crippen LogP) is 0.658. The van der Waals surface area contributed by atoms with Crippen LogP contribution in [0.4, 0.5) is 5.95 Å². The fraction of sp³-hybridized carbons (Fsp3) is 0.389. The Bertz CT molecular complexity index is 893. The Morgan fingerprint density at radius 3 is 2.44 bits per heavy atom. The molecule has 2 heterocycles. The van der Waals surface area contributed by atoms with E-state index in [1.54, 1.807) is 18.5 Å². The number of piperazine rings is 1. The van der Waals surface area contributed by atoms with Crippen LogP contribution in [0.1, 0.15) is 11.1 Å². The zero-order chi connectivity index (χ0) is 19.3. The summed E-state index contributed by atoms with van der Waals surface area (Å²) in [5, 5.41) is 0. The van der Waals surface area contributed by atoms with Gasteiger partial charge in [0.15, 0.2) is 15.8 Å². The highest BCUT2D eigenvalue weighted by Crippen LogP contribution is 2.12. The summed E-state index contributed by atoms with van der Waals surface area (Å²) in [7, 11) is -3.05. The number of rotatable bonds is 5. The average Bonchev–Trinajstić information content (AvgIpc) is 2.66. The molecular weight excluding hydrogens is 364 g/mol. The van der Waals surface area contributed by atoms with E-state index in [0.717, 1.165) is 43.3 Å². The third-order valence-corrected chi connectivity index (χ3v) is 5.14. The first-order valence-corrected chi connectivity index (χ1v) is 10.8. The summed E-state index contributed by atoms with van der Waals surface area (Å²) >= 11 is 0. The molecule has 1 aliphatic heterocycles. The number of nitrogens with two attached hydrogens (primary N) is 1. The molecule has 0 unspecified atom stereocenters. The van der Waals surface area contributed by atoms with Crippen molar-refractivity contribution in [2.24, 2.45) is 10.7 Å². The van der Waals surface area contributed by atoms with Crippen LogP contribution in [-0.2, 0) is 22.1 Å². The fourth-order valence-electron chi connectivity index (χ4n) is 2.98. The van der Waals surface area contributed by atoms with Gasteiger partial charge in [-0.3, -0.25) is 0 Å². The largest absolute Gasteiger partial charge is 0.370 e. The van der Waals surface area contributed by atoms with E-state index in [1.807, 2.05) is 29.2 Å². The van der Waals surface area contributed by atoms with Crippen molar-refractivity contribution < 1.29 is 8.42 Å². The van der Waals surface area contributed by atoms with Gasteiger partial charge in [-0.1, -0.05) is 24.3 Å². The number of anilines is 1. The van der Waals surface area contributed by atoms with Gasteiger partial charge in [-0.25, -0.2) is 23.4 Å². The zero-order valence-corrected chi connectivity index (χ0v) is 16.1. The first-order valence-electron chi connectivity index (χ1n) is 8.73. The van der Waals surface area contributed by atoms with E-state index in [-0.39, 0.29) is 5.75 Å². The maximum Gasteiger partial charge on any atom is 0.225 e. The van der Waals surface area contributed by atoms with Crippen molar-refractivity contribution in [1.82, 2.24) is 14.9 Å². The van der Waals surface area contributed by atoms with Crippen molar-refractivity contribution in [3.63, 3.8) is 0 Å². The summed E-state index contributed by atoms with van der Waals surface area (Å²) in [6.45, 7) is 3.49. The second-order valence-corrected chi connectivity index (χ2v) is 8.73. The molecule has 3 rings (SSSR count). The van der Waals surface area contributed by atoms with Crippen LogP contribution in [0.2, 0.25) is 0 Å². The number of aromatic nitrogens is 2. The molecule has 1 fully saturated rings. The number of nitrogens with zero attached hydrogens (tertiary/aromatic N) is 5.